The van der Waals surface area contributed by atoms with Crippen LogP contribution in [0, 0.1) is 13.0 Å². The first-order valence-corrected chi connectivity index (χ1v) is 14.7. The smallest absolute Gasteiger partial charge is 0.0160 e. The number of rotatable bonds is 4. The minimum Gasteiger partial charge on any atom is -0.304 e. The van der Waals surface area contributed by atoms with Crippen molar-refractivity contribution in [1.82, 2.24) is 4.98 Å². The Morgan fingerprint density at radius 2 is 1.07 bits per heavy atom. The fourth-order valence-corrected chi connectivity index (χ4v) is 6.57. The van der Waals surface area contributed by atoms with Gasteiger partial charge in [0.2, 0.25) is 0 Å². The minimum absolute atomic E-state index is 0. The van der Waals surface area contributed by atoms with E-state index in [2.05, 4.69) is 151 Å². The summed E-state index contributed by atoms with van der Waals surface area (Å²) in [6, 6.07) is 55.9. The van der Waals surface area contributed by atoms with Crippen molar-refractivity contribution >= 4 is 32.3 Å². The number of pyridine rings is 1. The number of fused-ring (bicyclic) bond motifs is 3. The number of hydrogen-bond donors (Lipinski definition) is 0. The predicted octanol–water partition coefficient (Wildman–Crippen LogP) is 11.3. The molecule has 0 amide bonds. The summed E-state index contributed by atoms with van der Waals surface area (Å²) in [6.07, 6.45) is 1.85. The maximum atomic E-state index is 4.68. The third-order valence-electron chi connectivity index (χ3n) is 8.58. The van der Waals surface area contributed by atoms with Crippen molar-refractivity contribution in [2.45, 2.75) is 6.92 Å². The quantitative estimate of drug-likeness (QED) is 0.164. The first kappa shape index (κ1) is 27.9. The molecule has 0 saturated carbocycles. The second-order valence-corrected chi connectivity index (χ2v) is 11.1. The second kappa shape index (κ2) is 11.7. The van der Waals surface area contributed by atoms with Crippen LogP contribution in [0.4, 0.5) is 0 Å². The Balaban J connectivity index is 0.00000312. The van der Waals surface area contributed by atoms with Crippen LogP contribution in [0.25, 0.3) is 77.0 Å². The Morgan fingerprint density at radius 1 is 0.500 bits per heavy atom. The molecule has 0 aliphatic rings. The van der Waals surface area contributed by atoms with Crippen molar-refractivity contribution in [3.8, 4) is 44.6 Å². The van der Waals surface area contributed by atoms with Crippen LogP contribution in [0.2, 0.25) is 0 Å². The topological polar surface area (TPSA) is 12.9 Å². The molecule has 1 aromatic heterocycles. The molecule has 0 aliphatic carbocycles. The summed E-state index contributed by atoms with van der Waals surface area (Å²) >= 11 is 0. The molecule has 1 nitrogen and oxygen atoms in total. The SMILES string of the molecule is Cc1cccnc1-c1[c-]ccc(-c2ccc(-c3cccc4ccccc34)c3c(-c4cccc5ccccc45)cccc23)c1.[Ir]. The van der Waals surface area contributed by atoms with Gasteiger partial charge in [-0.1, -0.05) is 127 Å². The van der Waals surface area contributed by atoms with E-state index in [1.807, 2.05) is 18.3 Å². The van der Waals surface area contributed by atoms with Gasteiger partial charge in [0.25, 0.3) is 0 Å². The number of nitrogens with zero attached hydrogens (tertiary/aromatic N) is 1. The molecule has 0 fully saturated rings. The zero-order valence-electron chi connectivity index (χ0n) is 24.2. The Morgan fingerprint density at radius 3 is 1.77 bits per heavy atom. The molecular weight excluding hydrogens is 711 g/mol. The molecule has 0 saturated heterocycles. The van der Waals surface area contributed by atoms with Gasteiger partial charge in [0.1, 0.15) is 0 Å². The molecule has 7 aromatic carbocycles. The fraction of sp³-hybridized carbons (Fsp3) is 0.0238. The van der Waals surface area contributed by atoms with E-state index in [0.717, 1.165) is 22.4 Å². The summed E-state index contributed by atoms with van der Waals surface area (Å²) in [5, 5.41) is 7.49. The molecule has 211 valence electrons. The van der Waals surface area contributed by atoms with Crippen molar-refractivity contribution in [3.05, 3.63) is 163 Å². The summed E-state index contributed by atoms with van der Waals surface area (Å²) < 4.78 is 0. The Hall–Kier alpha value is -4.88. The van der Waals surface area contributed by atoms with Gasteiger partial charge in [-0.2, -0.15) is 0 Å². The molecule has 1 heterocycles. The molecule has 0 unspecified atom stereocenters. The fourth-order valence-electron chi connectivity index (χ4n) is 6.57. The van der Waals surface area contributed by atoms with Crippen LogP contribution < -0.4 is 0 Å². The van der Waals surface area contributed by atoms with Crippen LogP contribution in [0.3, 0.4) is 0 Å². The van der Waals surface area contributed by atoms with Crippen molar-refractivity contribution in [2.24, 2.45) is 0 Å². The monoisotopic (exact) mass is 739 g/mol. The van der Waals surface area contributed by atoms with E-state index < -0.39 is 0 Å². The van der Waals surface area contributed by atoms with Gasteiger partial charge in [0, 0.05) is 26.3 Å². The Kier molecular flexibility index (Phi) is 7.40. The third-order valence-corrected chi connectivity index (χ3v) is 8.58. The van der Waals surface area contributed by atoms with Crippen LogP contribution in [0.15, 0.2) is 152 Å². The van der Waals surface area contributed by atoms with Crippen LogP contribution in [-0.4, -0.2) is 4.98 Å². The summed E-state index contributed by atoms with van der Waals surface area (Å²) in [6.45, 7) is 2.10. The normalized spacial score (nSPS) is 11.1. The largest absolute Gasteiger partial charge is 0.304 e. The number of hydrogen-bond acceptors (Lipinski definition) is 1. The minimum atomic E-state index is 0. The first-order chi connectivity index (χ1) is 21.3. The van der Waals surface area contributed by atoms with E-state index in [-0.39, 0.29) is 20.1 Å². The van der Waals surface area contributed by atoms with Crippen molar-refractivity contribution in [3.63, 3.8) is 0 Å². The van der Waals surface area contributed by atoms with Crippen LogP contribution >= 0.6 is 0 Å². The molecule has 0 atom stereocenters. The van der Waals surface area contributed by atoms with Crippen molar-refractivity contribution < 1.29 is 20.1 Å². The van der Waals surface area contributed by atoms with Gasteiger partial charge >= 0.3 is 0 Å². The van der Waals surface area contributed by atoms with Gasteiger partial charge in [-0.05, 0) is 78.8 Å². The molecule has 0 N–H and O–H groups in total. The molecule has 8 rings (SSSR count). The standard InChI is InChI=1S/C42H28N.Ir/c1-28-11-10-26-43-42(28)32-17-6-16-31(27-32)35-24-25-40(37-21-8-15-30-13-3-5-19-34(30)37)41-38(35)22-9-23-39(41)36-20-7-14-29-12-2-4-18-33(29)36;/h2-16,18-27H,1H3;/q-1;. The van der Waals surface area contributed by atoms with Crippen LogP contribution in [0.1, 0.15) is 5.56 Å². The van der Waals surface area contributed by atoms with Gasteiger partial charge in [-0.3, -0.25) is 0 Å². The summed E-state index contributed by atoms with van der Waals surface area (Å²) in [5.41, 5.74) is 10.4. The van der Waals surface area contributed by atoms with E-state index in [0.29, 0.717) is 0 Å². The summed E-state index contributed by atoms with van der Waals surface area (Å²) in [4.78, 5) is 4.68. The number of benzene rings is 7. The van der Waals surface area contributed by atoms with Gasteiger partial charge in [-0.15, -0.1) is 35.4 Å². The van der Waals surface area contributed by atoms with Gasteiger partial charge < -0.3 is 4.98 Å². The molecule has 0 bridgehead atoms. The molecular formula is C42H28IrN-. The second-order valence-electron chi connectivity index (χ2n) is 11.1. The molecule has 2 heteroatoms. The van der Waals surface area contributed by atoms with E-state index in [1.54, 1.807) is 0 Å². The zero-order valence-corrected chi connectivity index (χ0v) is 26.6. The van der Waals surface area contributed by atoms with E-state index >= 15 is 0 Å². The van der Waals surface area contributed by atoms with Crippen molar-refractivity contribution in [1.29, 1.82) is 0 Å². The number of aryl methyl sites for hydroxylation is 1. The van der Waals surface area contributed by atoms with E-state index in [4.69, 9.17) is 0 Å². The number of aromatic nitrogens is 1. The summed E-state index contributed by atoms with van der Waals surface area (Å²) in [5.74, 6) is 0. The molecule has 8 aromatic rings. The van der Waals surface area contributed by atoms with Gasteiger partial charge in [-0.25, -0.2) is 0 Å². The summed E-state index contributed by atoms with van der Waals surface area (Å²) in [7, 11) is 0. The average molecular weight is 739 g/mol. The molecule has 0 aliphatic heterocycles. The Labute approximate surface area is 271 Å². The maximum Gasteiger partial charge on any atom is 0.0160 e. The van der Waals surface area contributed by atoms with Gasteiger partial charge in [0.05, 0.1) is 0 Å². The predicted molar refractivity (Wildman–Crippen MR) is 182 cm³/mol. The van der Waals surface area contributed by atoms with E-state index in [1.165, 1.54) is 60.1 Å². The molecule has 1 radical (unpaired) electrons. The van der Waals surface area contributed by atoms with Gasteiger partial charge in [0.15, 0.2) is 0 Å². The first-order valence-electron chi connectivity index (χ1n) is 14.7. The Bertz CT molecular complexity index is 2220. The van der Waals surface area contributed by atoms with Crippen LogP contribution in [0.5, 0.6) is 0 Å². The van der Waals surface area contributed by atoms with Crippen molar-refractivity contribution in [2.75, 3.05) is 0 Å². The van der Waals surface area contributed by atoms with E-state index in [9.17, 15) is 0 Å². The third kappa shape index (κ3) is 4.74. The average Bonchev–Trinajstić information content (AvgIpc) is 3.07. The van der Waals surface area contributed by atoms with Crippen LogP contribution in [-0.2, 0) is 20.1 Å². The molecule has 0 spiro atoms. The molecule has 44 heavy (non-hydrogen) atoms. The maximum absolute atomic E-state index is 4.68. The zero-order chi connectivity index (χ0) is 28.8.